The third-order valence-electron chi connectivity index (χ3n) is 5.48. The van der Waals surface area contributed by atoms with Crippen molar-refractivity contribution in [2.24, 2.45) is 10.9 Å². The van der Waals surface area contributed by atoms with Crippen LogP contribution in [0.25, 0.3) is 0 Å². The molecule has 0 spiro atoms. The molecule has 128 valence electrons. The molecule has 2 saturated carbocycles. The van der Waals surface area contributed by atoms with Gasteiger partial charge in [0.15, 0.2) is 5.96 Å². The van der Waals surface area contributed by atoms with Gasteiger partial charge in [-0.15, -0.1) is 24.0 Å². The summed E-state index contributed by atoms with van der Waals surface area (Å²) in [5.41, 5.74) is 0. The molecule has 2 N–H and O–H groups in total. The zero-order chi connectivity index (χ0) is 14.5. The first-order valence-corrected chi connectivity index (χ1v) is 9.14. The summed E-state index contributed by atoms with van der Waals surface area (Å²) >= 11 is 0. The molecular weight excluding hydrogens is 387 g/mol. The van der Waals surface area contributed by atoms with Crippen molar-refractivity contribution in [1.29, 1.82) is 0 Å². The van der Waals surface area contributed by atoms with Crippen LogP contribution < -0.4 is 10.6 Å². The Labute approximate surface area is 152 Å². The van der Waals surface area contributed by atoms with Crippen LogP contribution in [-0.2, 0) is 0 Å². The average molecular weight is 420 g/mol. The van der Waals surface area contributed by atoms with Crippen LogP contribution in [0, 0.1) is 5.92 Å². The highest BCUT2D eigenvalue weighted by molar-refractivity contribution is 14.0. The molecule has 0 aromatic carbocycles. The third-order valence-corrected chi connectivity index (χ3v) is 5.48. The standard InChI is InChI=1S/C17H32N4.HI/c1-2-18-17(19-12-14-6-5-7-14)20-15-10-11-21(13-15)16-8-3-4-9-16;/h14-16H,2-13H2,1H3,(H2,18,19,20);1H. The molecule has 3 fully saturated rings. The number of likely N-dealkylation sites (tertiary alicyclic amines) is 1. The minimum atomic E-state index is 0. The first-order valence-electron chi connectivity index (χ1n) is 9.14. The fourth-order valence-corrected chi connectivity index (χ4v) is 3.92. The number of halogens is 1. The van der Waals surface area contributed by atoms with Crippen LogP contribution in [-0.4, -0.2) is 49.1 Å². The van der Waals surface area contributed by atoms with Crippen LogP contribution in [0.1, 0.15) is 58.3 Å². The number of rotatable bonds is 5. The van der Waals surface area contributed by atoms with E-state index in [2.05, 4.69) is 22.5 Å². The van der Waals surface area contributed by atoms with Gasteiger partial charge in [-0.2, -0.15) is 0 Å². The molecule has 0 bridgehead atoms. The van der Waals surface area contributed by atoms with E-state index in [0.717, 1.165) is 31.0 Å². The molecule has 5 heteroatoms. The number of hydrogen-bond acceptors (Lipinski definition) is 2. The van der Waals surface area contributed by atoms with Crippen molar-refractivity contribution in [3.05, 3.63) is 0 Å². The summed E-state index contributed by atoms with van der Waals surface area (Å²) in [6.45, 7) is 6.59. The summed E-state index contributed by atoms with van der Waals surface area (Å²) in [6, 6.07) is 1.45. The Hall–Kier alpha value is -0.0400. The van der Waals surface area contributed by atoms with Gasteiger partial charge >= 0.3 is 0 Å². The Kier molecular flexibility index (Phi) is 7.74. The Bertz CT molecular complexity index is 351. The van der Waals surface area contributed by atoms with E-state index in [4.69, 9.17) is 4.99 Å². The highest BCUT2D eigenvalue weighted by atomic mass is 127. The van der Waals surface area contributed by atoms with Gasteiger partial charge in [0.2, 0.25) is 0 Å². The van der Waals surface area contributed by atoms with Crippen LogP contribution in [0.4, 0.5) is 0 Å². The largest absolute Gasteiger partial charge is 0.357 e. The SMILES string of the molecule is CCNC(=NCC1CCC1)NC1CCN(C2CCCC2)C1.I. The minimum Gasteiger partial charge on any atom is -0.357 e. The van der Waals surface area contributed by atoms with Crippen molar-refractivity contribution in [3.8, 4) is 0 Å². The number of guanidine groups is 1. The molecule has 22 heavy (non-hydrogen) atoms. The Morgan fingerprint density at radius 3 is 2.50 bits per heavy atom. The van der Waals surface area contributed by atoms with Crippen molar-refractivity contribution in [2.75, 3.05) is 26.2 Å². The quantitative estimate of drug-likeness (QED) is 0.408. The lowest BCUT2D eigenvalue weighted by atomic mass is 9.86. The summed E-state index contributed by atoms with van der Waals surface area (Å²) in [6.07, 6.45) is 11.1. The first kappa shape index (κ1) is 18.3. The van der Waals surface area contributed by atoms with E-state index in [9.17, 15) is 0 Å². The van der Waals surface area contributed by atoms with E-state index in [1.54, 1.807) is 0 Å². The molecule has 3 rings (SSSR count). The van der Waals surface area contributed by atoms with E-state index < -0.39 is 0 Å². The zero-order valence-electron chi connectivity index (χ0n) is 14.0. The highest BCUT2D eigenvalue weighted by Gasteiger charge is 2.30. The normalized spacial score (nSPS) is 27.5. The second-order valence-corrected chi connectivity index (χ2v) is 7.08. The average Bonchev–Trinajstić information content (AvgIpc) is 3.07. The van der Waals surface area contributed by atoms with Crippen molar-refractivity contribution in [3.63, 3.8) is 0 Å². The fraction of sp³-hybridized carbons (Fsp3) is 0.941. The maximum absolute atomic E-state index is 4.80. The van der Waals surface area contributed by atoms with Crippen molar-refractivity contribution in [2.45, 2.75) is 70.4 Å². The van der Waals surface area contributed by atoms with Gasteiger partial charge in [-0.3, -0.25) is 9.89 Å². The first-order chi connectivity index (χ1) is 10.3. The Balaban J connectivity index is 0.00000176. The lowest BCUT2D eigenvalue weighted by molar-refractivity contribution is 0.242. The summed E-state index contributed by atoms with van der Waals surface area (Å²) in [5, 5.41) is 7.09. The summed E-state index contributed by atoms with van der Waals surface area (Å²) in [4.78, 5) is 7.51. The molecule has 0 radical (unpaired) electrons. The maximum atomic E-state index is 4.80. The van der Waals surface area contributed by atoms with Gasteiger partial charge in [0, 0.05) is 38.3 Å². The molecule has 0 aromatic heterocycles. The smallest absolute Gasteiger partial charge is 0.191 e. The molecule has 1 atom stereocenters. The van der Waals surface area contributed by atoms with E-state index in [1.165, 1.54) is 64.5 Å². The molecule has 2 aliphatic carbocycles. The molecule has 3 aliphatic rings. The second-order valence-electron chi connectivity index (χ2n) is 7.08. The topological polar surface area (TPSA) is 39.7 Å². The summed E-state index contributed by atoms with van der Waals surface area (Å²) in [5.74, 6) is 1.89. The van der Waals surface area contributed by atoms with Gasteiger partial charge in [0.1, 0.15) is 0 Å². The van der Waals surface area contributed by atoms with E-state index >= 15 is 0 Å². The van der Waals surface area contributed by atoms with Gasteiger partial charge in [0.05, 0.1) is 0 Å². The highest BCUT2D eigenvalue weighted by Crippen LogP contribution is 2.27. The fourth-order valence-electron chi connectivity index (χ4n) is 3.92. The molecule has 0 aromatic rings. The number of aliphatic imine (C=N–C) groups is 1. The van der Waals surface area contributed by atoms with E-state index in [1.807, 2.05) is 0 Å². The third kappa shape index (κ3) is 4.98. The monoisotopic (exact) mass is 420 g/mol. The van der Waals surface area contributed by atoms with Gasteiger partial charge in [-0.05, 0) is 44.9 Å². The van der Waals surface area contributed by atoms with Gasteiger partial charge in [0.25, 0.3) is 0 Å². The van der Waals surface area contributed by atoms with Crippen molar-refractivity contribution in [1.82, 2.24) is 15.5 Å². The van der Waals surface area contributed by atoms with Crippen molar-refractivity contribution >= 4 is 29.9 Å². The van der Waals surface area contributed by atoms with E-state index in [-0.39, 0.29) is 24.0 Å². The van der Waals surface area contributed by atoms with Crippen LogP contribution >= 0.6 is 24.0 Å². The van der Waals surface area contributed by atoms with E-state index in [0.29, 0.717) is 6.04 Å². The maximum Gasteiger partial charge on any atom is 0.191 e. The van der Waals surface area contributed by atoms with Crippen LogP contribution in [0.3, 0.4) is 0 Å². The Morgan fingerprint density at radius 1 is 1.09 bits per heavy atom. The molecule has 1 heterocycles. The molecule has 1 unspecified atom stereocenters. The Morgan fingerprint density at radius 2 is 1.86 bits per heavy atom. The van der Waals surface area contributed by atoms with Crippen molar-refractivity contribution < 1.29 is 0 Å². The number of hydrogen-bond donors (Lipinski definition) is 2. The summed E-state index contributed by atoms with van der Waals surface area (Å²) < 4.78 is 0. The van der Waals surface area contributed by atoms with Gasteiger partial charge < -0.3 is 10.6 Å². The van der Waals surface area contributed by atoms with Gasteiger partial charge in [-0.1, -0.05) is 19.3 Å². The lowest BCUT2D eigenvalue weighted by Gasteiger charge is -2.25. The molecule has 1 saturated heterocycles. The lowest BCUT2D eigenvalue weighted by Crippen LogP contribution is -2.45. The van der Waals surface area contributed by atoms with Gasteiger partial charge in [-0.25, -0.2) is 0 Å². The molecule has 1 aliphatic heterocycles. The predicted octanol–water partition coefficient (Wildman–Crippen LogP) is 2.98. The number of nitrogens with one attached hydrogen (secondary N) is 2. The van der Waals surface area contributed by atoms with Crippen LogP contribution in [0.2, 0.25) is 0 Å². The minimum absolute atomic E-state index is 0. The predicted molar refractivity (Wildman–Crippen MR) is 104 cm³/mol. The number of nitrogens with zero attached hydrogens (tertiary/aromatic N) is 2. The second kappa shape index (κ2) is 9.30. The van der Waals surface area contributed by atoms with Crippen LogP contribution in [0.5, 0.6) is 0 Å². The molecule has 0 amide bonds. The zero-order valence-corrected chi connectivity index (χ0v) is 16.4. The molecular formula is C17H33IN4. The van der Waals surface area contributed by atoms with Crippen LogP contribution in [0.15, 0.2) is 4.99 Å². The summed E-state index contributed by atoms with van der Waals surface area (Å²) in [7, 11) is 0. The molecule has 4 nitrogen and oxygen atoms in total.